The van der Waals surface area contributed by atoms with Gasteiger partial charge in [-0.3, -0.25) is 13.8 Å². The molecule has 0 heterocycles. The Hall–Kier alpha value is -0.920. The summed E-state index contributed by atoms with van der Waals surface area (Å²) >= 11 is 0. The number of allylic oxidation sites excluding steroid dienone is 1. The Bertz CT molecular complexity index is 1160. The van der Waals surface area contributed by atoms with Gasteiger partial charge in [-0.15, -0.1) is 0 Å². The maximum atomic E-state index is 13.0. The second-order valence-electron chi connectivity index (χ2n) is 19.8. The summed E-state index contributed by atoms with van der Waals surface area (Å²) < 4.78 is 23.0. The van der Waals surface area contributed by atoms with Gasteiger partial charge in [0.05, 0.1) is 18.8 Å². The molecule has 0 radical (unpaired) electrons. The Morgan fingerprint density at radius 3 is 1.15 bits per heavy atom. The molecule has 13 heteroatoms. The smallest absolute Gasteiger partial charge is 0.387 e. The largest absolute Gasteiger partial charge is 0.472 e. The third-order valence-electron chi connectivity index (χ3n) is 13.6. The van der Waals surface area contributed by atoms with Crippen LogP contribution >= 0.6 is 7.82 Å². The summed E-state index contributed by atoms with van der Waals surface area (Å²) in [4.78, 5) is 23.5. The van der Waals surface area contributed by atoms with Crippen molar-refractivity contribution >= 4 is 13.7 Å². The minimum Gasteiger partial charge on any atom is -0.387 e. The molecule has 8 N–H and O–H groups in total. The van der Waals surface area contributed by atoms with Crippen molar-refractivity contribution in [2.24, 2.45) is 0 Å². The number of hydrogen-bond donors (Lipinski definition) is 8. The first kappa shape index (κ1) is 63.1. The fourth-order valence-corrected chi connectivity index (χ4v) is 10.0. The Labute approximate surface area is 403 Å². The molecule has 1 fully saturated rings. The van der Waals surface area contributed by atoms with Crippen molar-refractivity contribution in [1.29, 1.82) is 0 Å². The van der Waals surface area contributed by atoms with Crippen molar-refractivity contribution in [3.8, 4) is 0 Å². The first-order valence-electron chi connectivity index (χ1n) is 27.6. The van der Waals surface area contributed by atoms with Gasteiger partial charge in [-0.05, 0) is 19.3 Å². The van der Waals surface area contributed by atoms with E-state index >= 15 is 0 Å². The maximum Gasteiger partial charge on any atom is 0.472 e. The van der Waals surface area contributed by atoms with Crippen LogP contribution in [-0.2, 0) is 18.4 Å². The van der Waals surface area contributed by atoms with Gasteiger partial charge in [0, 0.05) is 6.42 Å². The fraction of sp³-hybridized carbons (Fsp3) is 0.943. The molecule has 1 aliphatic rings. The monoisotopic (exact) mass is 962 g/mol. The second kappa shape index (κ2) is 42.9. The lowest BCUT2D eigenvalue weighted by Crippen LogP contribution is -2.64. The third kappa shape index (κ3) is 33.6. The third-order valence-corrected chi connectivity index (χ3v) is 14.6. The predicted molar refractivity (Wildman–Crippen MR) is 269 cm³/mol. The number of aliphatic hydroxyl groups is 6. The number of phosphoric ester groups is 1. The number of carbonyl (C=O) groups is 1. The molecule has 0 bridgehead atoms. The molecule has 1 saturated carbocycles. The zero-order valence-electron chi connectivity index (χ0n) is 42.3. The molecule has 0 aromatic carbocycles. The van der Waals surface area contributed by atoms with E-state index in [1.807, 2.05) is 6.08 Å². The molecule has 1 aliphatic carbocycles. The summed E-state index contributed by atoms with van der Waals surface area (Å²) in [6, 6.07) is -1.11. The molecular formula is C53H104NO11P. The summed E-state index contributed by atoms with van der Waals surface area (Å²) in [6.45, 7) is 3.86. The van der Waals surface area contributed by atoms with Crippen LogP contribution in [0.1, 0.15) is 264 Å². The fourth-order valence-electron chi connectivity index (χ4n) is 9.08. The van der Waals surface area contributed by atoms with Crippen molar-refractivity contribution in [2.75, 3.05) is 6.61 Å². The van der Waals surface area contributed by atoms with E-state index in [9.17, 15) is 44.9 Å². The molecule has 9 atom stereocenters. The zero-order chi connectivity index (χ0) is 48.5. The standard InChI is InChI=1S/C53H104NO11P/c1-3-5-7-9-11-13-15-17-18-19-20-21-22-23-24-25-26-27-28-29-30-31-33-35-37-39-41-43-47(56)54-45(46(55)42-40-38-36-34-32-16-14-12-10-8-6-4-2)44-64-66(62,63)65-53-51(60)49(58)48(57)50(59)52(53)61/h40,42,45-46,48-53,55,57-61H,3-39,41,43-44H2,1-2H3,(H,54,56)(H,62,63)/b42-40+/t45-,46+,48?,49+,50?,51?,52?,53?/m0/s1. The lowest BCUT2D eigenvalue weighted by molar-refractivity contribution is -0.220. The van der Waals surface area contributed by atoms with Crippen LogP contribution < -0.4 is 5.32 Å². The van der Waals surface area contributed by atoms with Gasteiger partial charge in [-0.1, -0.05) is 251 Å². The normalized spacial score (nSPS) is 21.9. The van der Waals surface area contributed by atoms with Crippen molar-refractivity contribution < 1.29 is 53.9 Å². The molecule has 0 saturated heterocycles. The summed E-state index contributed by atoms with van der Waals surface area (Å²) in [5.74, 6) is -0.336. The Morgan fingerprint density at radius 1 is 0.500 bits per heavy atom. The van der Waals surface area contributed by atoms with E-state index in [2.05, 4.69) is 19.2 Å². The topological polar surface area (TPSA) is 206 Å². The van der Waals surface area contributed by atoms with Gasteiger partial charge >= 0.3 is 7.82 Å². The predicted octanol–water partition coefficient (Wildman–Crippen LogP) is 12.0. The van der Waals surface area contributed by atoms with Gasteiger partial charge < -0.3 is 40.8 Å². The Morgan fingerprint density at radius 2 is 0.803 bits per heavy atom. The highest BCUT2D eigenvalue weighted by Gasteiger charge is 2.51. The van der Waals surface area contributed by atoms with E-state index in [1.165, 1.54) is 199 Å². The van der Waals surface area contributed by atoms with E-state index < -0.39 is 63.2 Å². The van der Waals surface area contributed by atoms with Crippen LogP contribution in [0.2, 0.25) is 0 Å². The minimum absolute atomic E-state index is 0.219. The highest BCUT2D eigenvalue weighted by Crippen LogP contribution is 2.47. The number of hydrogen-bond acceptors (Lipinski definition) is 10. The van der Waals surface area contributed by atoms with Gasteiger partial charge in [0.2, 0.25) is 5.91 Å². The van der Waals surface area contributed by atoms with E-state index in [4.69, 9.17) is 9.05 Å². The van der Waals surface area contributed by atoms with Gasteiger partial charge in [0.1, 0.15) is 36.6 Å². The minimum atomic E-state index is -5.08. The van der Waals surface area contributed by atoms with E-state index in [-0.39, 0.29) is 12.3 Å². The van der Waals surface area contributed by atoms with Gasteiger partial charge in [-0.25, -0.2) is 4.57 Å². The SMILES string of the molecule is CCCCCCCCCCCC/C=C/[C@@H](O)[C@H](COP(=O)(O)OC1C(O)C(O)C(O)[C@@H](O)C1O)NC(=O)CCCCCCCCCCCCCCCCCCCCCCCCCCCCC. The summed E-state index contributed by atoms with van der Waals surface area (Å²) in [5, 5.41) is 64.1. The van der Waals surface area contributed by atoms with Gasteiger partial charge in [0.15, 0.2) is 0 Å². The molecule has 6 unspecified atom stereocenters. The van der Waals surface area contributed by atoms with Crippen LogP contribution in [0.3, 0.4) is 0 Å². The van der Waals surface area contributed by atoms with Crippen molar-refractivity contribution in [1.82, 2.24) is 5.32 Å². The molecule has 0 aliphatic heterocycles. The van der Waals surface area contributed by atoms with Crippen molar-refractivity contribution in [2.45, 2.75) is 313 Å². The lowest BCUT2D eigenvalue weighted by Gasteiger charge is -2.41. The Balaban J connectivity index is 2.27. The molecule has 0 aromatic rings. The maximum absolute atomic E-state index is 13.0. The summed E-state index contributed by atoms with van der Waals surface area (Å²) in [7, 11) is -5.08. The van der Waals surface area contributed by atoms with Gasteiger partial charge in [-0.2, -0.15) is 0 Å². The number of rotatable bonds is 47. The number of carbonyl (C=O) groups excluding carboxylic acids is 1. The number of amides is 1. The quantitative estimate of drug-likeness (QED) is 0.0164. The molecule has 392 valence electrons. The molecule has 66 heavy (non-hydrogen) atoms. The molecule has 0 spiro atoms. The van der Waals surface area contributed by atoms with E-state index in [0.717, 1.165) is 44.9 Å². The van der Waals surface area contributed by atoms with Crippen molar-refractivity contribution in [3.05, 3.63) is 12.2 Å². The first-order chi connectivity index (χ1) is 31.9. The van der Waals surface area contributed by atoms with Crippen LogP contribution in [0.4, 0.5) is 0 Å². The van der Waals surface area contributed by atoms with E-state index in [1.54, 1.807) is 0 Å². The van der Waals surface area contributed by atoms with Crippen molar-refractivity contribution in [3.63, 3.8) is 0 Å². The van der Waals surface area contributed by atoms with Gasteiger partial charge in [0.25, 0.3) is 0 Å². The number of nitrogens with one attached hydrogen (secondary N) is 1. The summed E-state index contributed by atoms with van der Waals surface area (Å²) in [5.41, 5.74) is 0. The molecule has 12 nitrogen and oxygen atoms in total. The van der Waals surface area contributed by atoms with Crippen LogP contribution in [0.25, 0.3) is 0 Å². The number of phosphoric acid groups is 1. The number of unbranched alkanes of at least 4 members (excludes halogenated alkanes) is 36. The van der Waals surface area contributed by atoms with E-state index in [0.29, 0.717) is 6.42 Å². The molecule has 0 aromatic heterocycles. The summed E-state index contributed by atoms with van der Waals surface area (Å²) in [6.07, 6.45) is 38.8. The highest BCUT2D eigenvalue weighted by atomic mass is 31.2. The van der Waals surface area contributed by atoms with Crippen LogP contribution in [-0.4, -0.2) is 96.8 Å². The second-order valence-corrected chi connectivity index (χ2v) is 21.2. The average Bonchev–Trinajstić information content (AvgIpc) is 3.30. The molecule has 1 amide bonds. The molecular weight excluding hydrogens is 858 g/mol. The first-order valence-corrected chi connectivity index (χ1v) is 29.1. The molecule has 1 rings (SSSR count). The number of aliphatic hydroxyl groups excluding tert-OH is 6. The van der Waals surface area contributed by atoms with Crippen LogP contribution in [0, 0.1) is 0 Å². The highest BCUT2D eigenvalue weighted by molar-refractivity contribution is 7.47. The zero-order valence-corrected chi connectivity index (χ0v) is 43.2. The lowest BCUT2D eigenvalue weighted by atomic mass is 9.85. The Kier molecular flexibility index (Phi) is 41.0. The van der Waals surface area contributed by atoms with Crippen LogP contribution in [0.5, 0.6) is 0 Å². The van der Waals surface area contributed by atoms with Crippen LogP contribution in [0.15, 0.2) is 12.2 Å². The average molecular weight is 962 g/mol.